The quantitative estimate of drug-likeness (QED) is 0.671. The first-order chi connectivity index (χ1) is 6.18. The number of carbonyl (C=O) groups is 1. The molecule has 0 radical (unpaired) electrons. The SMILES string of the molecule is Cc1ccc2nnc(C(N)=O)n2c1. The van der Waals surface area contributed by atoms with Gasteiger partial charge in [0.1, 0.15) is 0 Å². The van der Waals surface area contributed by atoms with Crippen molar-refractivity contribution in [3.05, 3.63) is 29.7 Å². The summed E-state index contributed by atoms with van der Waals surface area (Å²) in [5.74, 6) is -0.406. The van der Waals surface area contributed by atoms with E-state index in [-0.39, 0.29) is 5.82 Å². The maximum Gasteiger partial charge on any atom is 0.287 e. The minimum atomic E-state index is -0.571. The molecule has 0 aliphatic rings. The Morgan fingerprint density at radius 1 is 1.46 bits per heavy atom. The highest BCUT2D eigenvalue weighted by Crippen LogP contribution is 2.05. The largest absolute Gasteiger partial charge is 0.363 e. The number of hydrogen-bond acceptors (Lipinski definition) is 3. The summed E-state index contributed by atoms with van der Waals surface area (Å²) in [6.07, 6.45) is 1.77. The first-order valence-electron chi connectivity index (χ1n) is 3.79. The van der Waals surface area contributed by atoms with Crippen molar-refractivity contribution < 1.29 is 4.79 Å². The van der Waals surface area contributed by atoms with Gasteiger partial charge >= 0.3 is 0 Å². The molecule has 0 aliphatic heterocycles. The predicted octanol–water partition coefficient (Wildman–Crippen LogP) is 0.137. The summed E-state index contributed by atoms with van der Waals surface area (Å²) < 4.78 is 1.58. The molecule has 5 heteroatoms. The Hall–Kier alpha value is -1.91. The van der Waals surface area contributed by atoms with Crippen molar-refractivity contribution >= 4 is 11.6 Å². The molecule has 2 N–H and O–H groups in total. The fourth-order valence-corrected chi connectivity index (χ4v) is 1.17. The van der Waals surface area contributed by atoms with Crippen molar-refractivity contribution in [1.29, 1.82) is 0 Å². The van der Waals surface area contributed by atoms with E-state index in [1.165, 1.54) is 0 Å². The zero-order valence-corrected chi connectivity index (χ0v) is 7.06. The summed E-state index contributed by atoms with van der Waals surface area (Å²) in [6.45, 7) is 1.92. The molecular weight excluding hydrogens is 168 g/mol. The summed E-state index contributed by atoms with van der Waals surface area (Å²) >= 11 is 0. The van der Waals surface area contributed by atoms with Gasteiger partial charge in [-0.2, -0.15) is 0 Å². The third kappa shape index (κ3) is 1.14. The van der Waals surface area contributed by atoms with Crippen LogP contribution in [0.4, 0.5) is 0 Å². The van der Waals surface area contributed by atoms with Crippen LogP contribution in [0, 0.1) is 6.92 Å². The molecule has 0 fully saturated rings. The number of pyridine rings is 1. The summed E-state index contributed by atoms with van der Waals surface area (Å²) in [4.78, 5) is 10.9. The van der Waals surface area contributed by atoms with Crippen molar-refractivity contribution in [2.75, 3.05) is 0 Å². The fourth-order valence-electron chi connectivity index (χ4n) is 1.17. The van der Waals surface area contributed by atoms with Crippen molar-refractivity contribution in [2.45, 2.75) is 6.92 Å². The van der Waals surface area contributed by atoms with E-state index >= 15 is 0 Å². The van der Waals surface area contributed by atoms with Gasteiger partial charge in [0.25, 0.3) is 5.91 Å². The van der Waals surface area contributed by atoms with Crippen LogP contribution in [0.1, 0.15) is 16.2 Å². The van der Waals surface area contributed by atoms with Crippen LogP contribution in [0.15, 0.2) is 18.3 Å². The number of nitrogens with two attached hydrogens (primary N) is 1. The molecular formula is C8H8N4O. The van der Waals surface area contributed by atoms with Crippen LogP contribution >= 0.6 is 0 Å². The highest BCUT2D eigenvalue weighted by Gasteiger charge is 2.09. The second-order valence-corrected chi connectivity index (χ2v) is 2.82. The van der Waals surface area contributed by atoms with Crippen molar-refractivity contribution in [3.63, 3.8) is 0 Å². The molecule has 13 heavy (non-hydrogen) atoms. The zero-order valence-electron chi connectivity index (χ0n) is 7.06. The molecule has 66 valence electrons. The Bertz CT molecular complexity index is 474. The van der Waals surface area contributed by atoms with E-state index in [2.05, 4.69) is 10.2 Å². The van der Waals surface area contributed by atoms with Gasteiger partial charge in [0.2, 0.25) is 5.82 Å². The Morgan fingerprint density at radius 2 is 2.23 bits per heavy atom. The highest BCUT2D eigenvalue weighted by atomic mass is 16.1. The molecule has 2 rings (SSSR count). The van der Waals surface area contributed by atoms with Crippen LogP contribution in [0.2, 0.25) is 0 Å². The number of fused-ring (bicyclic) bond motifs is 1. The Kier molecular flexibility index (Phi) is 1.51. The van der Waals surface area contributed by atoms with E-state index in [9.17, 15) is 4.79 Å². The monoisotopic (exact) mass is 176 g/mol. The molecule has 0 spiro atoms. The number of carbonyl (C=O) groups excluding carboxylic acids is 1. The van der Waals surface area contributed by atoms with Crippen LogP contribution in [0.5, 0.6) is 0 Å². The molecule has 0 aliphatic carbocycles. The van der Waals surface area contributed by atoms with Gasteiger partial charge in [-0.3, -0.25) is 9.20 Å². The van der Waals surface area contributed by atoms with E-state index in [4.69, 9.17) is 5.73 Å². The number of amides is 1. The number of rotatable bonds is 1. The second kappa shape index (κ2) is 2.55. The lowest BCUT2D eigenvalue weighted by molar-refractivity contribution is 0.0989. The fraction of sp³-hybridized carbons (Fsp3) is 0.125. The van der Waals surface area contributed by atoms with Gasteiger partial charge in [-0.25, -0.2) is 0 Å². The first-order valence-corrected chi connectivity index (χ1v) is 3.79. The molecule has 0 saturated carbocycles. The van der Waals surface area contributed by atoms with Crippen molar-refractivity contribution in [1.82, 2.24) is 14.6 Å². The van der Waals surface area contributed by atoms with Crippen LogP contribution in [-0.2, 0) is 0 Å². The summed E-state index contributed by atoms with van der Waals surface area (Å²) in [5.41, 5.74) is 6.76. The zero-order chi connectivity index (χ0) is 9.42. The molecule has 1 amide bonds. The van der Waals surface area contributed by atoms with Gasteiger partial charge in [0, 0.05) is 6.20 Å². The first kappa shape index (κ1) is 7.72. The predicted molar refractivity (Wildman–Crippen MR) is 46.2 cm³/mol. The van der Waals surface area contributed by atoms with Crippen molar-refractivity contribution in [3.8, 4) is 0 Å². The Morgan fingerprint density at radius 3 is 2.92 bits per heavy atom. The molecule has 0 atom stereocenters. The minimum Gasteiger partial charge on any atom is -0.363 e. The molecule has 0 aromatic carbocycles. The lowest BCUT2D eigenvalue weighted by Gasteiger charge is -1.96. The standard InChI is InChI=1S/C8H8N4O/c1-5-2-3-6-10-11-8(7(9)13)12(6)4-5/h2-4H,1H3,(H2,9,13). The molecule has 5 nitrogen and oxygen atoms in total. The summed E-state index contributed by atoms with van der Waals surface area (Å²) in [6, 6.07) is 3.68. The van der Waals surface area contributed by atoms with Gasteiger partial charge < -0.3 is 5.73 Å². The lowest BCUT2D eigenvalue weighted by atomic mass is 10.3. The van der Waals surface area contributed by atoms with E-state index in [1.807, 2.05) is 13.0 Å². The van der Waals surface area contributed by atoms with E-state index < -0.39 is 5.91 Å². The van der Waals surface area contributed by atoms with Gasteiger partial charge in [0.15, 0.2) is 5.65 Å². The molecule has 2 aromatic heterocycles. The maximum atomic E-state index is 10.9. The molecule has 0 saturated heterocycles. The number of aromatic nitrogens is 3. The number of nitrogens with zero attached hydrogens (tertiary/aromatic N) is 3. The topological polar surface area (TPSA) is 73.3 Å². The lowest BCUT2D eigenvalue weighted by Crippen LogP contribution is -2.15. The van der Waals surface area contributed by atoms with Crippen LogP contribution in [0.3, 0.4) is 0 Å². The van der Waals surface area contributed by atoms with Crippen LogP contribution in [0.25, 0.3) is 5.65 Å². The smallest absolute Gasteiger partial charge is 0.287 e. The maximum absolute atomic E-state index is 10.9. The van der Waals surface area contributed by atoms with E-state index in [0.717, 1.165) is 5.56 Å². The highest BCUT2D eigenvalue weighted by molar-refractivity contribution is 5.89. The van der Waals surface area contributed by atoms with Crippen molar-refractivity contribution in [2.24, 2.45) is 5.73 Å². The molecule has 2 aromatic rings. The third-order valence-electron chi connectivity index (χ3n) is 1.77. The van der Waals surface area contributed by atoms with Crippen LogP contribution < -0.4 is 5.73 Å². The van der Waals surface area contributed by atoms with Gasteiger partial charge in [-0.15, -0.1) is 10.2 Å². The summed E-state index contributed by atoms with van der Waals surface area (Å²) in [5, 5.41) is 7.47. The van der Waals surface area contributed by atoms with Gasteiger partial charge in [0.05, 0.1) is 0 Å². The Labute approximate surface area is 74.2 Å². The third-order valence-corrected chi connectivity index (χ3v) is 1.77. The molecule has 0 unspecified atom stereocenters. The van der Waals surface area contributed by atoms with E-state index in [0.29, 0.717) is 5.65 Å². The van der Waals surface area contributed by atoms with Gasteiger partial charge in [-0.05, 0) is 18.6 Å². The number of primary amides is 1. The van der Waals surface area contributed by atoms with Crippen LogP contribution in [-0.4, -0.2) is 20.5 Å². The van der Waals surface area contributed by atoms with Gasteiger partial charge in [-0.1, -0.05) is 6.07 Å². The normalized spacial score (nSPS) is 10.5. The number of aryl methyl sites for hydroxylation is 1. The average molecular weight is 176 g/mol. The second-order valence-electron chi connectivity index (χ2n) is 2.82. The van der Waals surface area contributed by atoms with E-state index in [1.54, 1.807) is 16.7 Å². The number of hydrogen-bond donors (Lipinski definition) is 1. The average Bonchev–Trinajstić information content (AvgIpc) is 2.46. The Balaban J connectivity index is 2.79. The minimum absolute atomic E-state index is 0.165. The summed E-state index contributed by atoms with van der Waals surface area (Å²) in [7, 11) is 0. The molecule has 0 bridgehead atoms. The molecule has 2 heterocycles.